The molecule has 1 N–H and O–H groups in total. The summed E-state index contributed by atoms with van der Waals surface area (Å²) in [5.74, 6) is 0.124. The van der Waals surface area contributed by atoms with Gasteiger partial charge in [-0.15, -0.1) is 0 Å². The van der Waals surface area contributed by atoms with Crippen LogP contribution in [-0.2, 0) is 0 Å². The lowest BCUT2D eigenvalue weighted by Crippen LogP contribution is -2.48. The minimum atomic E-state index is -0.605. The van der Waals surface area contributed by atoms with Crippen LogP contribution in [0.25, 0.3) is 0 Å². The fourth-order valence-electron chi connectivity index (χ4n) is 3.45. The van der Waals surface area contributed by atoms with Crippen molar-refractivity contribution >= 4 is 6.29 Å². The van der Waals surface area contributed by atoms with E-state index in [1.165, 1.54) is 6.42 Å². The number of carbonyl (C=O) groups excluding carboxylic acids is 1. The highest BCUT2D eigenvalue weighted by atomic mass is 16.3. The first-order chi connectivity index (χ1) is 9.84. The first kappa shape index (κ1) is 16.2. The van der Waals surface area contributed by atoms with Crippen molar-refractivity contribution in [1.82, 2.24) is 0 Å². The van der Waals surface area contributed by atoms with Crippen molar-refractivity contribution in [2.45, 2.75) is 43.6 Å². The van der Waals surface area contributed by atoms with E-state index in [-0.39, 0.29) is 5.92 Å². The van der Waals surface area contributed by atoms with Crippen LogP contribution >= 0.6 is 0 Å². The van der Waals surface area contributed by atoms with Crippen molar-refractivity contribution in [2.24, 2.45) is 0 Å². The molecule has 0 heterocycles. The molecule has 0 radical (unpaired) electrons. The number of hydrogen-bond donors (Lipinski definition) is 1. The normalized spacial score (nSPS) is 20.0. The van der Waals surface area contributed by atoms with E-state index in [0.717, 1.165) is 48.6 Å². The van der Waals surface area contributed by atoms with Gasteiger partial charge in [-0.05, 0) is 18.4 Å². The Morgan fingerprint density at radius 3 is 2.19 bits per heavy atom. The molecule has 1 fully saturated rings. The number of nitrogens with zero attached hydrogens (tertiary/aromatic N) is 1. The van der Waals surface area contributed by atoms with Crippen LogP contribution in [-0.4, -0.2) is 49.2 Å². The third-order valence-corrected chi connectivity index (χ3v) is 4.57. The van der Waals surface area contributed by atoms with E-state index in [1.807, 2.05) is 24.3 Å². The van der Waals surface area contributed by atoms with Gasteiger partial charge in [0.25, 0.3) is 0 Å². The highest BCUT2D eigenvalue weighted by Crippen LogP contribution is 2.40. The summed E-state index contributed by atoms with van der Waals surface area (Å²) in [7, 11) is 6.50. The van der Waals surface area contributed by atoms with Crippen LogP contribution in [0, 0.1) is 0 Å². The topological polar surface area (TPSA) is 37.3 Å². The first-order valence-corrected chi connectivity index (χ1v) is 7.92. The van der Waals surface area contributed by atoms with Crippen molar-refractivity contribution in [1.29, 1.82) is 0 Å². The van der Waals surface area contributed by atoms with E-state index in [0.29, 0.717) is 5.56 Å². The Bertz CT molecular complexity index is 467. The van der Waals surface area contributed by atoms with Gasteiger partial charge in [0.15, 0.2) is 0 Å². The van der Waals surface area contributed by atoms with Crippen LogP contribution in [0.1, 0.15) is 53.9 Å². The zero-order chi connectivity index (χ0) is 15.5. The molecule has 1 aliphatic carbocycles. The third-order valence-electron chi connectivity index (χ3n) is 4.57. The molecule has 1 aliphatic rings. The summed E-state index contributed by atoms with van der Waals surface area (Å²) in [6, 6.07) is 7.74. The van der Waals surface area contributed by atoms with Gasteiger partial charge in [0.2, 0.25) is 0 Å². The number of benzene rings is 1. The molecule has 3 heteroatoms. The van der Waals surface area contributed by atoms with E-state index in [4.69, 9.17) is 0 Å². The Morgan fingerprint density at radius 2 is 1.71 bits per heavy atom. The van der Waals surface area contributed by atoms with E-state index >= 15 is 0 Å². The average Bonchev–Trinajstić information content (AvgIpc) is 2.45. The quantitative estimate of drug-likeness (QED) is 0.668. The Morgan fingerprint density at radius 1 is 1.14 bits per heavy atom. The second-order valence-corrected chi connectivity index (χ2v) is 7.47. The second-order valence-electron chi connectivity index (χ2n) is 7.47. The summed E-state index contributed by atoms with van der Waals surface area (Å²) in [6.07, 6.45) is 6.07. The predicted octanol–water partition coefficient (Wildman–Crippen LogP) is 2.98. The minimum Gasteiger partial charge on any atom is -0.389 e. The van der Waals surface area contributed by atoms with Gasteiger partial charge >= 0.3 is 0 Å². The van der Waals surface area contributed by atoms with E-state index < -0.39 is 5.60 Å². The molecule has 0 spiro atoms. The van der Waals surface area contributed by atoms with Gasteiger partial charge in [0, 0.05) is 5.56 Å². The van der Waals surface area contributed by atoms with Gasteiger partial charge in [-0.2, -0.15) is 0 Å². The van der Waals surface area contributed by atoms with Crippen molar-refractivity contribution in [3.63, 3.8) is 0 Å². The van der Waals surface area contributed by atoms with Gasteiger partial charge in [-0.25, -0.2) is 0 Å². The number of rotatable bonds is 5. The van der Waals surface area contributed by atoms with Gasteiger partial charge in [0.1, 0.15) is 6.29 Å². The Balaban J connectivity index is 2.32. The van der Waals surface area contributed by atoms with Gasteiger partial charge in [-0.1, -0.05) is 43.5 Å². The number of likely N-dealkylation sites (N-methyl/N-ethyl adjacent to an activating group) is 1. The molecule has 1 saturated carbocycles. The zero-order valence-electron chi connectivity index (χ0n) is 13.5. The van der Waals surface area contributed by atoms with Crippen LogP contribution < -0.4 is 0 Å². The molecular formula is C18H28NO2+. The van der Waals surface area contributed by atoms with Crippen LogP contribution in [0.2, 0.25) is 0 Å². The van der Waals surface area contributed by atoms with Crippen molar-refractivity contribution in [3.8, 4) is 0 Å². The zero-order valence-corrected chi connectivity index (χ0v) is 13.5. The summed E-state index contributed by atoms with van der Waals surface area (Å²) in [5, 5.41) is 11.2. The second kappa shape index (κ2) is 6.29. The molecule has 116 valence electrons. The Labute approximate surface area is 128 Å². The Hall–Kier alpha value is -1.19. The molecule has 0 bridgehead atoms. The molecule has 0 saturated heterocycles. The fourth-order valence-corrected chi connectivity index (χ4v) is 3.45. The summed E-state index contributed by atoms with van der Waals surface area (Å²) < 4.78 is 0.822. The van der Waals surface area contributed by atoms with E-state index in [1.54, 1.807) is 0 Å². The van der Waals surface area contributed by atoms with E-state index in [2.05, 4.69) is 21.1 Å². The highest BCUT2D eigenvalue weighted by molar-refractivity contribution is 5.74. The lowest BCUT2D eigenvalue weighted by atomic mass is 9.72. The smallest absolute Gasteiger partial charge is 0.150 e. The third kappa shape index (κ3) is 4.14. The molecule has 1 aromatic carbocycles. The van der Waals surface area contributed by atoms with Gasteiger partial charge in [0.05, 0.1) is 39.2 Å². The summed E-state index contributed by atoms with van der Waals surface area (Å²) in [4.78, 5) is 10.8. The molecular weight excluding hydrogens is 262 g/mol. The predicted molar refractivity (Wildman–Crippen MR) is 85.5 cm³/mol. The minimum absolute atomic E-state index is 0.124. The standard InChI is InChI=1S/C18H28NO2/c1-19(2,3)13-17(18(21)11-5-4-6-12-18)16-9-7-15(14-20)8-10-16/h7-10,14,17,21H,4-6,11-13H2,1-3H3/q+1. The summed E-state index contributed by atoms with van der Waals surface area (Å²) in [6.45, 7) is 0.900. The van der Waals surface area contributed by atoms with E-state index in [9.17, 15) is 9.90 Å². The van der Waals surface area contributed by atoms with Crippen LogP contribution in [0.5, 0.6) is 0 Å². The monoisotopic (exact) mass is 290 g/mol. The SMILES string of the molecule is C[N+](C)(C)CC(c1ccc(C=O)cc1)C1(O)CCCCC1. The number of aliphatic hydroxyl groups is 1. The summed E-state index contributed by atoms with van der Waals surface area (Å²) in [5.41, 5.74) is 1.24. The fraction of sp³-hybridized carbons (Fsp3) is 0.611. The molecule has 1 aromatic rings. The molecule has 1 atom stereocenters. The van der Waals surface area contributed by atoms with Crippen LogP contribution in [0.3, 0.4) is 0 Å². The van der Waals surface area contributed by atoms with Crippen LogP contribution in [0.15, 0.2) is 24.3 Å². The number of quaternary nitrogens is 1. The highest BCUT2D eigenvalue weighted by Gasteiger charge is 2.41. The largest absolute Gasteiger partial charge is 0.389 e. The maximum atomic E-state index is 11.2. The maximum absolute atomic E-state index is 11.2. The molecule has 21 heavy (non-hydrogen) atoms. The molecule has 3 nitrogen and oxygen atoms in total. The van der Waals surface area contributed by atoms with Crippen molar-refractivity contribution < 1.29 is 14.4 Å². The molecule has 1 unspecified atom stereocenters. The number of hydrogen-bond acceptors (Lipinski definition) is 2. The van der Waals surface area contributed by atoms with Gasteiger partial charge in [-0.3, -0.25) is 4.79 Å². The average molecular weight is 290 g/mol. The lowest BCUT2D eigenvalue weighted by molar-refractivity contribution is -0.872. The van der Waals surface area contributed by atoms with Crippen LogP contribution in [0.4, 0.5) is 0 Å². The lowest BCUT2D eigenvalue weighted by Gasteiger charge is -2.42. The van der Waals surface area contributed by atoms with Crippen molar-refractivity contribution in [3.05, 3.63) is 35.4 Å². The number of aldehydes is 1. The summed E-state index contributed by atoms with van der Waals surface area (Å²) >= 11 is 0. The molecule has 2 rings (SSSR count). The molecule has 0 amide bonds. The maximum Gasteiger partial charge on any atom is 0.150 e. The number of carbonyl (C=O) groups is 1. The molecule has 0 aliphatic heterocycles. The molecule has 0 aromatic heterocycles. The van der Waals surface area contributed by atoms with Gasteiger partial charge < -0.3 is 9.59 Å². The first-order valence-electron chi connectivity index (χ1n) is 7.92. The Kier molecular flexibility index (Phi) is 4.84. The van der Waals surface area contributed by atoms with Crippen molar-refractivity contribution in [2.75, 3.05) is 27.7 Å².